The van der Waals surface area contributed by atoms with Gasteiger partial charge >= 0.3 is 0 Å². The second kappa shape index (κ2) is 7.51. The Morgan fingerprint density at radius 1 is 1.15 bits per heavy atom. The van der Waals surface area contributed by atoms with Crippen LogP contribution >= 0.6 is 33.9 Å². The van der Waals surface area contributed by atoms with Crippen molar-refractivity contribution >= 4 is 56.8 Å². The zero-order chi connectivity index (χ0) is 19.0. The summed E-state index contributed by atoms with van der Waals surface area (Å²) < 4.78 is 1.14. The van der Waals surface area contributed by atoms with Gasteiger partial charge in [0, 0.05) is 14.5 Å². The van der Waals surface area contributed by atoms with Gasteiger partial charge in [-0.2, -0.15) is 0 Å². The molecule has 1 aromatic carbocycles. The molecule has 1 N–H and O–H groups in total. The number of anilines is 1. The van der Waals surface area contributed by atoms with E-state index in [1.165, 1.54) is 11.3 Å². The number of hydrogen-bond acceptors (Lipinski definition) is 5. The molecule has 3 amide bonds. The van der Waals surface area contributed by atoms with Crippen LogP contribution in [-0.4, -0.2) is 34.2 Å². The van der Waals surface area contributed by atoms with Crippen LogP contribution in [0.1, 0.15) is 12.8 Å². The van der Waals surface area contributed by atoms with Gasteiger partial charge in [0.25, 0.3) is 0 Å². The molecule has 8 heteroatoms. The zero-order valence-corrected chi connectivity index (χ0v) is 17.2. The number of nitrogens with one attached hydrogen (secondary N) is 1. The normalized spacial score (nSPS) is 21.4. The molecule has 1 fully saturated rings. The number of benzene rings is 1. The van der Waals surface area contributed by atoms with Crippen molar-refractivity contribution in [1.82, 2.24) is 9.88 Å². The van der Waals surface area contributed by atoms with Crippen LogP contribution in [0.2, 0.25) is 0 Å². The summed E-state index contributed by atoms with van der Waals surface area (Å²) >= 11 is 3.55. The summed E-state index contributed by atoms with van der Waals surface area (Å²) in [5.41, 5.74) is 1.74. The number of amides is 3. The van der Waals surface area contributed by atoms with Crippen molar-refractivity contribution in [1.29, 1.82) is 0 Å². The molecule has 2 heterocycles. The van der Waals surface area contributed by atoms with Crippen LogP contribution in [0.5, 0.6) is 0 Å². The van der Waals surface area contributed by atoms with Crippen LogP contribution in [0.3, 0.4) is 0 Å². The van der Waals surface area contributed by atoms with Crippen molar-refractivity contribution < 1.29 is 14.4 Å². The van der Waals surface area contributed by atoms with Crippen molar-refractivity contribution in [2.75, 3.05) is 11.9 Å². The molecular weight excluding hydrogens is 477 g/mol. The third-order valence-corrected chi connectivity index (χ3v) is 6.27. The van der Waals surface area contributed by atoms with Gasteiger partial charge in [-0.1, -0.05) is 24.3 Å². The first-order chi connectivity index (χ1) is 13.0. The molecule has 4 rings (SSSR count). The Labute approximate surface area is 173 Å². The molecule has 0 spiro atoms. The predicted molar refractivity (Wildman–Crippen MR) is 111 cm³/mol. The van der Waals surface area contributed by atoms with E-state index in [-0.39, 0.29) is 30.2 Å². The summed E-state index contributed by atoms with van der Waals surface area (Å²) in [4.78, 5) is 42.7. The van der Waals surface area contributed by atoms with Gasteiger partial charge in [-0.3, -0.25) is 19.3 Å². The monoisotopic (exact) mass is 493 g/mol. The molecule has 2 aromatic rings. The molecule has 27 heavy (non-hydrogen) atoms. The number of rotatable bonds is 4. The van der Waals surface area contributed by atoms with Gasteiger partial charge in [0.1, 0.15) is 6.54 Å². The van der Waals surface area contributed by atoms with Crippen molar-refractivity contribution in [2.24, 2.45) is 11.8 Å². The summed E-state index contributed by atoms with van der Waals surface area (Å²) in [6.45, 7) is -0.261. The van der Waals surface area contributed by atoms with Crippen molar-refractivity contribution in [3.8, 4) is 11.3 Å². The highest BCUT2D eigenvalue weighted by atomic mass is 127. The molecule has 2 atom stereocenters. The number of imide groups is 1. The standard InChI is InChI=1S/C19H16IN3O3S/c20-12-7-5-11(6-8-12)15-10-27-19(21-15)22-16(24)9-23-17(25)13-3-1-2-4-14(13)18(23)26/h1-2,5-8,10,13-14H,3-4,9H2,(H,21,22,24). The highest BCUT2D eigenvalue weighted by Gasteiger charge is 2.47. The lowest BCUT2D eigenvalue weighted by molar-refractivity contribution is -0.142. The van der Waals surface area contributed by atoms with E-state index >= 15 is 0 Å². The number of fused-ring (bicyclic) bond motifs is 1. The lowest BCUT2D eigenvalue weighted by Gasteiger charge is -2.14. The van der Waals surface area contributed by atoms with Gasteiger partial charge in [0.15, 0.2) is 5.13 Å². The molecule has 6 nitrogen and oxygen atoms in total. The maximum absolute atomic E-state index is 12.4. The summed E-state index contributed by atoms with van der Waals surface area (Å²) in [5.74, 6) is -1.54. The van der Waals surface area contributed by atoms with Crippen molar-refractivity contribution in [3.63, 3.8) is 0 Å². The van der Waals surface area contributed by atoms with E-state index in [0.717, 1.165) is 19.7 Å². The summed E-state index contributed by atoms with van der Waals surface area (Å²) in [7, 11) is 0. The van der Waals surface area contributed by atoms with Gasteiger partial charge in [0.2, 0.25) is 17.7 Å². The van der Waals surface area contributed by atoms with Gasteiger partial charge in [-0.25, -0.2) is 4.98 Å². The van der Waals surface area contributed by atoms with E-state index in [1.807, 2.05) is 41.8 Å². The van der Waals surface area contributed by atoms with Gasteiger partial charge in [-0.05, 0) is 47.6 Å². The van der Waals surface area contributed by atoms with E-state index in [4.69, 9.17) is 0 Å². The van der Waals surface area contributed by atoms with E-state index < -0.39 is 5.91 Å². The number of halogens is 1. The highest BCUT2D eigenvalue weighted by Crippen LogP contribution is 2.35. The Balaban J connectivity index is 1.41. The van der Waals surface area contributed by atoms with Gasteiger partial charge in [-0.15, -0.1) is 11.3 Å². The average molecular weight is 493 g/mol. The molecule has 0 saturated carbocycles. The van der Waals surface area contributed by atoms with Crippen LogP contribution in [0.25, 0.3) is 11.3 Å². The smallest absolute Gasteiger partial charge is 0.246 e. The lowest BCUT2D eigenvalue weighted by atomic mass is 9.85. The van der Waals surface area contributed by atoms with Crippen LogP contribution in [0, 0.1) is 15.4 Å². The number of thiazole rings is 1. The number of likely N-dealkylation sites (tertiary alicyclic amines) is 1. The second-order valence-electron chi connectivity index (χ2n) is 6.51. The molecule has 2 aliphatic rings. The maximum atomic E-state index is 12.4. The molecule has 2 unspecified atom stereocenters. The Kier molecular flexibility index (Phi) is 5.09. The first-order valence-corrected chi connectivity index (χ1v) is 10.5. The molecule has 1 aromatic heterocycles. The molecule has 1 aliphatic carbocycles. The fourth-order valence-corrected chi connectivity index (χ4v) is 4.51. The molecule has 138 valence electrons. The van der Waals surface area contributed by atoms with E-state index in [1.54, 1.807) is 0 Å². The number of carbonyl (C=O) groups is 3. The third-order valence-electron chi connectivity index (χ3n) is 4.79. The molecule has 1 aliphatic heterocycles. The SMILES string of the molecule is O=C(CN1C(=O)C2CC=CCC2C1=O)Nc1nc(-c2ccc(I)cc2)cs1. The Hall–Kier alpha value is -2.07. The fourth-order valence-electron chi connectivity index (χ4n) is 3.41. The topological polar surface area (TPSA) is 79.4 Å². The molecule has 0 bridgehead atoms. The van der Waals surface area contributed by atoms with E-state index in [9.17, 15) is 14.4 Å². The van der Waals surface area contributed by atoms with Crippen LogP contribution in [-0.2, 0) is 14.4 Å². The van der Waals surface area contributed by atoms with Crippen molar-refractivity contribution in [2.45, 2.75) is 12.8 Å². The summed E-state index contributed by atoms with van der Waals surface area (Å²) in [6, 6.07) is 7.93. The van der Waals surface area contributed by atoms with Gasteiger partial charge < -0.3 is 5.32 Å². The number of allylic oxidation sites excluding steroid dienone is 2. The number of carbonyl (C=O) groups excluding carboxylic acids is 3. The number of nitrogens with zero attached hydrogens (tertiary/aromatic N) is 2. The Morgan fingerprint density at radius 2 is 1.78 bits per heavy atom. The van der Waals surface area contributed by atoms with Crippen LogP contribution in [0.15, 0.2) is 41.8 Å². The number of aromatic nitrogens is 1. The first-order valence-electron chi connectivity index (χ1n) is 8.54. The minimum Gasteiger partial charge on any atom is -0.300 e. The van der Waals surface area contributed by atoms with E-state index in [2.05, 4.69) is 32.9 Å². The van der Waals surface area contributed by atoms with Crippen LogP contribution in [0.4, 0.5) is 5.13 Å². The molecule has 0 radical (unpaired) electrons. The van der Waals surface area contributed by atoms with Gasteiger partial charge in [0.05, 0.1) is 17.5 Å². The van der Waals surface area contributed by atoms with Crippen molar-refractivity contribution in [3.05, 3.63) is 45.4 Å². The van der Waals surface area contributed by atoms with Crippen LogP contribution < -0.4 is 5.32 Å². The fraction of sp³-hybridized carbons (Fsp3) is 0.263. The Bertz CT molecular complexity index is 912. The maximum Gasteiger partial charge on any atom is 0.246 e. The first kappa shape index (κ1) is 18.3. The quantitative estimate of drug-likeness (QED) is 0.403. The van der Waals surface area contributed by atoms with E-state index in [0.29, 0.717) is 18.0 Å². The minimum atomic E-state index is -0.410. The predicted octanol–water partition coefficient (Wildman–Crippen LogP) is 3.30. The zero-order valence-electron chi connectivity index (χ0n) is 14.2. The summed E-state index contributed by atoms with van der Waals surface area (Å²) in [6.07, 6.45) is 4.99. The Morgan fingerprint density at radius 3 is 2.41 bits per heavy atom. The lowest BCUT2D eigenvalue weighted by Crippen LogP contribution is -2.38. The highest BCUT2D eigenvalue weighted by molar-refractivity contribution is 14.1. The largest absolute Gasteiger partial charge is 0.300 e. The summed E-state index contributed by atoms with van der Waals surface area (Å²) in [5, 5.41) is 5.01. The minimum absolute atomic E-state index is 0.247. The molecule has 1 saturated heterocycles. The number of hydrogen-bond donors (Lipinski definition) is 1. The average Bonchev–Trinajstić information content (AvgIpc) is 3.22. The molecular formula is C19H16IN3O3S. The second-order valence-corrected chi connectivity index (χ2v) is 8.62. The third kappa shape index (κ3) is 3.68.